The van der Waals surface area contributed by atoms with Crippen LogP contribution in [0.25, 0.3) is 0 Å². The van der Waals surface area contributed by atoms with Gasteiger partial charge in [0.1, 0.15) is 5.75 Å². The summed E-state index contributed by atoms with van der Waals surface area (Å²) in [6.07, 6.45) is 4.17. The summed E-state index contributed by atoms with van der Waals surface area (Å²) in [5.74, 6) is 0.816. The molecule has 0 N–H and O–H groups in total. The van der Waals surface area contributed by atoms with Crippen molar-refractivity contribution >= 4 is 5.91 Å². The van der Waals surface area contributed by atoms with E-state index in [2.05, 4.69) is 23.2 Å². The van der Waals surface area contributed by atoms with Crippen LogP contribution in [0.4, 0.5) is 0 Å². The Morgan fingerprint density at radius 1 is 1.08 bits per heavy atom. The fourth-order valence-electron chi connectivity index (χ4n) is 3.59. The number of pyridine rings is 1. The fraction of sp³-hybridized carbons (Fsp3) is 0.182. The molecule has 1 aromatic heterocycles. The van der Waals surface area contributed by atoms with Gasteiger partial charge in [-0.3, -0.25) is 9.78 Å². The average Bonchev–Trinajstić information content (AvgIpc) is 2.73. The van der Waals surface area contributed by atoms with Gasteiger partial charge < -0.3 is 9.64 Å². The Balaban J connectivity index is 1.78. The van der Waals surface area contributed by atoms with Crippen molar-refractivity contribution in [3.8, 4) is 5.75 Å². The second-order valence-corrected chi connectivity index (χ2v) is 6.36. The third-order valence-electron chi connectivity index (χ3n) is 4.88. The van der Waals surface area contributed by atoms with Crippen LogP contribution >= 0.6 is 0 Å². The van der Waals surface area contributed by atoms with Crippen LogP contribution in [-0.2, 0) is 6.42 Å². The summed E-state index contributed by atoms with van der Waals surface area (Å²) in [5, 5.41) is 0. The predicted molar refractivity (Wildman–Crippen MR) is 100 cm³/mol. The van der Waals surface area contributed by atoms with Crippen LogP contribution in [0.3, 0.4) is 0 Å². The summed E-state index contributed by atoms with van der Waals surface area (Å²) >= 11 is 0. The molecule has 1 aliphatic rings. The van der Waals surface area contributed by atoms with E-state index in [1.807, 2.05) is 41.3 Å². The van der Waals surface area contributed by atoms with E-state index >= 15 is 0 Å². The number of fused-ring (bicyclic) bond motifs is 1. The number of hydrogen-bond acceptors (Lipinski definition) is 3. The minimum absolute atomic E-state index is 0.00780. The molecule has 4 heteroatoms. The first-order chi connectivity index (χ1) is 12.8. The van der Waals surface area contributed by atoms with Crippen molar-refractivity contribution < 1.29 is 9.53 Å². The molecule has 130 valence electrons. The largest absolute Gasteiger partial charge is 0.497 e. The van der Waals surface area contributed by atoms with Gasteiger partial charge in [0.05, 0.1) is 18.7 Å². The van der Waals surface area contributed by atoms with Crippen LogP contribution in [0.5, 0.6) is 5.75 Å². The summed E-state index contributed by atoms with van der Waals surface area (Å²) in [5.41, 5.74) is 4.17. The van der Waals surface area contributed by atoms with Crippen molar-refractivity contribution in [2.45, 2.75) is 12.5 Å². The third kappa shape index (κ3) is 2.94. The van der Waals surface area contributed by atoms with E-state index in [1.165, 1.54) is 11.1 Å². The lowest BCUT2D eigenvalue weighted by Crippen LogP contribution is -2.40. The average molecular weight is 344 g/mol. The molecule has 3 aromatic rings. The maximum atomic E-state index is 13.2. The van der Waals surface area contributed by atoms with Crippen LogP contribution < -0.4 is 4.74 Å². The van der Waals surface area contributed by atoms with Crippen molar-refractivity contribution in [1.82, 2.24) is 9.88 Å². The standard InChI is InChI=1S/C22H20N2O2/c1-26-19-10-8-17(9-11-19)21-20-7-3-2-5-16(20)12-14-24(21)22(25)18-6-4-13-23-15-18/h2-11,13,15,21H,12,14H2,1H3. The molecule has 2 heterocycles. The van der Waals surface area contributed by atoms with Crippen molar-refractivity contribution in [1.29, 1.82) is 0 Å². The summed E-state index contributed by atoms with van der Waals surface area (Å²) in [6.45, 7) is 0.682. The number of aromatic nitrogens is 1. The number of carbonyl (C=O) groups excluding carboxylic acids is 1. The maximum absolute atomic E-state index is 13.2. The smallest absolute Gasteiger partial charge is 0.256 e. The molecule has 0 bridgehead atoms. The van der Waals surface area contributed by atoms with E-state index in [-0.39, 0.29) is 11.9 Å². The molecule has 0 fully saturated rings. The summed E-state index contributed by atoms with van der Waals surface area (Å²) in [7, 11) is 1.66. The number of ether oxygens (including phenoxy) is 1. The molecule has 0 spiro atoms. The maximum Gasteiger partial charge on any atom is 0.256 e. The highest BCUT2D eigenvalue weighted by Crippen LogP contribution is 2.36. The zero-order valence-electron chi connectivity index (χ0n) is 14.6. The van der Waals surface area contributed by atoms with Gasteiger partial charge in [-0.05, 0) is 47.4 Å². The second-order valence-electron chi connectivity index (χ2n) is 6.36. The Hall–Kier alpha value is -3.14. The van der Waals surface area contributed by atoms with E-state index < -0.39 is 0 Å². The topological polar surface area (TPSA) is 42.4 Å². The molecule has 0 saturated carbocycles. The number of amides is 1. The lowest BCUT2D eigenvalue weighted by atomic mass is 9.87. The van der Waals surface area contributed by atoms with Crippen LogP contribution in [0.1, 0.15) is 33.1 Å². The van der Waals surface area contributed by atoms with Gasteiger partial charge in [-0.2, -0.15) is 0 Å². The molecule has 0 saturated heterocycles. The summed E-state index contributed by atoms with van der Waals surface area (Å²) in [4.78, 5) is 19.2. The Morgan fingerprint density at radius 3 is 2.62 bits per heavy atom. The van der Waals surface area contributed by atoms with E-state index in [0.717, 1.165) is 17.7 Å². The van der Waals surface area contributed by atoms with Gasteiger partial charge in [-0.15, -0.1) is 0 Å². The molecule has 0 radical (unpaired) electrons. The first-order valence-corrected chi connectivity index (χ1v) is 8.70. The van der Waals surface area contributed by atoms with Gasteiger partial charge in [-0.25, -0.2) is 0 Å². The first kappa shape index (κ1) is 16.3. The number of methoxy groups -OCH3 is 1. The number of rotatable bonds is 3. The van der Waals surface area contributed by atoms with Crippen LogP contribution in [-0.4, -0.2) is 29.4 Å². The normalized spacial score (nSPS) is 16.0. The lowest BCUT2D eigenvalue weighted by Gasteiger charge is -2.38. The van der Waals surface area contributed by atoms with E-state index in [4.69, 9.17) is 4.74 Å². The number of benzene rings is 2. The Labute approximate surface area is 153 Å². The highest BCUT2D eigenvalue weighted by molar-refractivity contribution is 5.94. The molecule has 0 aliphatic carbocycles. The molecular formula is C22H20N2O2. The molecular weight excluding hydrogens is 324 g/mol. The fourth-order valence-corrected chi connectivity index (χ4v) is 3.59. The molecule has 1 unspecified atom stereocenters. The minimum Gasteiger partial charge on any atom is -0.497 e. The minimum atomic E-state index is -0.112. The van der Waals surface area contributed by atoms with E-state index in [9.17, 15) is 4.79 Å². The zero-order valence-corrected chi connectivity index (χ0v) is 14.6. The van der Waals surface area contributed by atoms with Gasteiger partial charge in [0.15, 0.2) is 0 Å². The quantitative estimate of drug-likeness (QED) is 0.724. The molecule has 26 heavy (non-hydrogen) atoms. The first-order valence-electron chi connectivity index (χ1n) is 8.70. The van der Waals surface area contributed by atoms with Crippen molar-refractivity contribution in [2.24, 2.45) is 0 Å². The van der Waals surface area contributed by atoms with Crippen molar-refractivity contribution in [3.63, 3.8) is 0 Å². The van der Waals surface area contributed by atoms with Gasteiger partial charge in [0, 0.05) is 18.9 Å². The number of carbonyl (C=O) groups is 1. The van der Waals surface area contributed by atoms with Gasteiger partial charge >= 0.3 is 0 Å². The second kappa shape index (κ2) is 7.00. The van der Waals surface area contributed by atoms with Crippen LogP contribution in [0, 0.1) is 0 Å². The highest BCUT2D eigenvalue weighted by atomic mass is 16.5. The van der Waals surface area contributed by atoms with Gasteiger partial charge in [0.25, 0.3) is 5.91 Å². The molecule has 1 aliphatic heterocycles. The third-order valence-corrected chi connectivity index (χ3v) is 4.88. The molecule has 4 rings (SSSR count). The SMILES string of the molecule is COc1ccc(C2c3ccccc3CCN2C(=O)c2cccnc2)cc1. The Morgan fingerprint density at radius 2 is 1.88 bits per heavy atom. The molecule has 1 atom stereocenters. The summed E-state index contributed by atoms with van der Waals surface area (Å²) in [6, 6.07) is 19.8. The monoisotopic (exact) mass is 344 g/mol. The van der Waals surface area contributed by atoms with Crippen molar-refractivity contribution in [2.75, 3.05) is 13.7 Å². The molecule has 2 aromatic carbocycles. The highest BCUT2D eigenvalue weighted by Gasteiger charge is 2.32. The van der Waals surface area contributed by atoms with Crippen LogP contribution in [0.15, 0.2) is 73.1 Å². The van der Waals surface area contributed by atoms with Crippen molar-refractivity contribution in [3.05, 3.63) is 95.3 Å². The number of nitrogens with zero attached hydrogens (tertiary/aromatic N) is 2. The summed E-state index contributed by atoms with van der Waals surface area (Å²) < 4.78 is 5.28. The van der Waals surface area contributed by atoms with E-state index in [0.29, 0.717) is 12.1 Å². The van der Waals surface area contributed by atoms with Gasteiger partial charge in [-0.1, -0.05) is 36.4 Å². The molecule has 4 nitrogen and oxygen atoms in total. The Kier molecular flexibility index (Phi) is 4.40. The van der Waals surface area contributed by atoms with E-state index in [1.54, 1.807) is 25.6 Å². The molecule has 1 amide bonds. The predicted octanol–water partition coefficient (Wildman–Crippen LogP) is 3.88. The lowest BCUT2D eigenvalue weighted by molar-refractivity contribution is 0.0694. The number of hydrogen-bond donors (Lipinski definition) is 0. The van der Waals surface area contributed by atoms with Crippen LogP contribution in [0.2, 0.25) is 0 Å². The Bertz CT molecular complexity index is 907. The van der Waals surface area contributed by atoms with Gasteiger partial charge in [0.2, 0.25) is 0 Å². The zero-order chi connectivity index (χ0) is 17.9.